The predicted octanol–water partition coefficient (Wildman–Crippen LogP) is 6.36. The summed E-state index contributed by atoms with van der Waals surface area (Å²) in [6, 6.07) is 11.9. The van der Waals surface area contributed by atoms with Crippen molar-refractivity contribution in [1.29, 1.82) is 0 Å². The van der Waals surface area contributed by atoms with Gasteiger partial charge in [-0.1, -0.05) is 45.0 Å². The molecule has 0 saturated carbocycles. The first-order valence-electron chi connectivity index (χ1n) is 14.0. The summed E-state index contributed by atoms with van der Waals surface area (Å²) in [5.41, 5.74) is 2.26. The van der Waals surface area contributed by atoms with Crippen LogP contribution in [0.4, 0.5) is 4.39 Å². The number of aromatic nitrogens is 3. The predicted molar refractivity (Wildman–Crippen MR) is 162 cm³/mol. The maximum atomic E-state index is 14.4. The first-order valence-corrected chi connectivity index (χ1v) is 18.9. The molecule has 1 N–H and O–H groups in total. The molecule has 0 aliphatic heterocycles. The van der Waals surface area contributed by atoms with Crippen molar-refractivity contribution in [2.75, 3.05) is 18.6 Å². The topological polar surface area (TPSA) is 104 Å². The van der Waals surface area contributed by atoms with Crippen molar-refractivity contribution in [1.82, 2.24) is 14.8 Å². The van der Waals surface area contributed by atoms with Crippen LogP contribution >= 0.6 is 0 Å². The fourth-order valence-corrected chi connectivity index (χ4v) is 6.02. The van der Waals surface area contributed by atoms with Gasteiger partial charge in [-0.15, -0.1) is 0 Å². The van der Waals surface area contributed by atoms with E-state index in [1.165, 1.54) is 29.1 Å². The number of aromatic hydroxyl groups is 1. The Morgan fingerprint density at radius 2 is 1.85 bits per heavy atom. The lowest BCUT2D eigenvalue weighted by atomic mass is 10.0. The van der Waals surface area contributed by atoms with Crippen LogP contribution in [0.1, 0.15) is 63.1 Å². The molecular weight excluding hydrogens is 561 g/mol. The number of ether oxygens (including phenoxy) is 1. The molecule has 41 heavy (non-hydrogen) atoms. The summed E-state index contributed by atoms with van der Waals surface area (Å²) in [5.74, 6) is 0.112. The molecule has 0 amide bonds. The molecule has 226 valence electrons. The van der Waals surface area contributed by atoms with E-state index in [4.69, 9.17) is 9.16 Å². The zero-order valence-corrected chi connectivity index (χ0v) is 27.1. The van der Waals surface area contributed by atoms with Crippen LogP contribution in [0, 0.1) is 5.82 Å². The maximum Gasteiger partial charge on any atom is 0.191 e. The van der Waals surface area contributed by atoms with Crippen LogP contribution in [0.3, 0.4) is 0 Å². The van der Waals surface area contributed by atoms with Crippen LogP contribution < -0.4 is 0 Å². The number of phenolic OH excluding ortho intramolecular Hbond substituents is 1. The molecular formula is C30H44FN3O5SSi. The third-order valence-electron chi connectivity index (χ3n) is 7.59. The minimum atomic E-state index is -3.11. The van der Waals surface area contributed by atoms with Gasteiger partial charge in [0.1, 0.15) is 28.0 Å². The zero-order chi connectivity index (χ0) is 30.4. The van der Waals surface area contributed by atoms with Crippen molar-refractivity contribution >= 4 is 18.2 Å². The van der Waals surface area contributed by atoms with E-state index in [0.717, 1.165) is 24.0 Å². The summed E-state index contributed by atoms with van der Waals surface area (Å²) in [5, 5.41) is 14.3. The third kappa shape index (κ3) is 9.73. The zero-order valence-electron chi connectivity index (χ0n) is 25.3. The lowest BCUT2D eigenvalue weighted by Gasteiger charge is -2.36. The fraction of sp³-hybridized carbons (Fsp3) is 0.533. The second kappa shape index (κ2) is 13.6. The van der Waals surface area contributed by atoms with Crippen LogP contribution in [-0.4, -0.2) is 55.2 Å². The summed E-state index contributed by atoms with van der Waals surface area (Å²) in [6.45, 7) is 12.0. The number of nitrogens with zero attached hydrogens (tertiary/aromatic N) is 3. The third-order valence-corrected chi connectivity index (χ3v) is 13.2. The van der Waals surface area contributed by atoms with E-state index in [1.807, 2.05) is 12.1 Å². The molecule has 0 bridgehead atoms. The number of hydrogen-bond acceptors (Lipinski definition) is 7. The van der Waals surface area contributed by atoms with E-state index in [9.17, 15) is 17.9 Å². The number of aryl methyl sites for hydroxylation is 2. The van der Waals surface area contributed by atoms with E-state index in [-0.39, 0.29) is 40.6 Å². The maximum absolute atomic E-state index is 14.4. The lowest BCUT2D eigenvalue weighted by Crippen LogP contribution is -2.41. The van der Waals surface area contributed by atoms with Gasteiger partial charge >= 0.3 is 0 Å². The molecule has 0 radical (unpaired) electrons. The molecule has 0 aliphatic carbocycles. The molecule has 3 rings (SSSR count). The Labute approximate surface area is 245 Å². The van der Waals surface area contributed by atoms with Crippen molar-refractivity contribution in [2.45, 2.75) is 77.3 Å². The van der Waals surface area contributed by atoms with Gasteiger partial charge in [-0.3, -0.25) is 0 Å². The summed E-state index contributed by atoms with van der Waals surface area (Å²) < 4.78 is 52.0. The second-order valence-corrected chi connectivity index (χ2v) is 19.2. The molecule has 0 spiro atoms. The molecule has 2 aromatic carbocycles. The standard InChI is InChI=1S/C30H44FN3O5SSi/c1-30(2,3)41(6,7)39-17-9-12-22-11-8-13-23(19-22)27(14-10-18-40(5,36)37)38-21-28-32-29(34(4)33-28)25-20-24(35)15-16-26(25)31/h8,11,13,15-16,19-20,27,35H,9-10,12,14,17-18,21H2,1-7H3. The molecule has 1 aromatic heterocycles. The highest BCUT2D eigenvalue weighted by atomic mass is 32.2. The first-order chi connectivity index (χ1) is 19.1. The highest BCUT2D eigenvalue weighted by molar-refractivity contribution is 7.90. The smallest absolute Gasteiger partial charge is 0.191 e. The Morgan fingerprint density at radius 3 is 2.54 bits per heavy atom. The van der Waals surface area contributed by atoms with Gasteiger partial charge in [0.2, 0.25) is 0 Å². The largest absolute Gasteiger partial charge is 0.508 e. The van der Waals surface area contributed by atoms with Crippen molar-refractivity contribution in [3.05, 3.63) is 65.2 Å². The molecule has 1 heterocycles. The number of benzene rings is 2. The van der Waals surface area contributed by atoms with Crippen LogP contribution in [0.15, 0.2) is 42.5 Å². The number of hydrogen-bond donors (Lipinski definition) is 1. The van der Waals surface area contributed by atoms with E-state index in [1.54, 1.807) is 7.05 Å². The van der Waals surface area contributed by atoms with Gasteiger partial charge in [-0.25, -0.2) is 22.5 Å². The fourth-order valence-electron chi connectivity index (χ4n) is 4.24. The van der Waals surface area contributed by atoms with Gasteiger partial charge < -0.3 is 14.3 Å². The van der Waals surface area contributed by atoms with E-state index < -0.39 is 24.0 Å². The molecule has 1 atom stereocenters. The molecule has 0 saturated heterocycles. The monoisotopic (exact) mass is 605 g/mol. The molecule has 3 aromatic rings. The van der Waals surface area contributed by atoms with Gasteiger partial charge in [-0.2, -0.15) is 5.10 Å². The minimum absolute atomic E-state index is 0.0579. The summed E-state index contributed by atoms with van der Waals surface area (Å²) >= 11 is 0. The number of halogens is 1. The van der Waals surface area contributed by atoms with E-state index in [0.29, 0.717) is 25.3 Å². The van der Waals surface area contributed by atoms with Gasteiger partial charge in [0.25, 0.3) is 0 Å². The molecule has 1 unspecified atom stereocenters. The Balaban J connectivity index is 1.71. The van der Waals surface area contributed by atoms with Crippen LogP contribution in [0.25, 0.3) is 11.4 Å². The second-order valence-electron chi connectivity index (χ2n) is 12.2. The van der Waals surface area contributed by atoms with Crippen molar-refractivity contribution in [3.8, 4) is 17.1 Å². The number of phenols is 1. The highest BCUT2D eigenvalue weighted by Crippen LogP contribution is 2.36. The Hall–Kier alpha value is -2.60. The van der Waals surface area contributed by atoms with Crippen molar-refractivity contribution in [3.63, 3.8) is 0 Å². The summed E-state index contributed by atoms with van der Waals surface area (Å²) in [4.78, 5) is 4.44. The quantitative estimate of drug-likeness (QED) is 0.168. The SMILES string of the molecule is Cn1nc(COC(CCCS(C)(=O)=O)c2cccc(CCCO[Si](C)(C)C(C)(C)C)c2)nc1-c1cc(O)ccc1F. The van der Waals surface area contributed by atoms with Crippen LogP contribution in [0.2, 0.25) is 18.1 Å². The molecule has 8 nitrogen and oxygen atoms in total. The molecule has 0 fully saturated rings. The minimum Gasteiger partial charge on any atom is -0.508 e. The van der Waals surface area contributed by atoms with E-state index >= 15 is 0 Å². The van der Waals surface area contributed by atoms with Gasteiger partial charge in [0.05, 0.1) is 11.7 Å². The number of sulfone groups is 1. The highest BCUT2D eigenvalue weighted by Gasteiger charge is 2.36. The van der Waals surface area contributed by atoms with Gasteiger partial charge in [0.15, 0.2) is 20.0 Å². The first kappa shape index (κ1) is 32.9. The van der Waals surface area contributed by atoms with Gasteiger partial charge in [0, 0.05) is 25.7 Å². The summed E-state index contributed by atoms with van der Waals surface area (Å²) in [7, 11) is -3.25. The lowest BCUT2D eigenvalue weighted by molar-refractivity contribution is 0.0296. The van der Waals surface area contributed by atoms with Crippen LogP contribution in [-0.2, 0) is 39.1 Å². The van der Waals surface area contributed by atoms with Crippen LogP contribution in [0.5, 0.6) is 5.75 Å². The summed E-state index contributed by atoms with van der Waals surface area (Å²) in [6.07, 6.45) is 3.58. The molecule has 11 heteroatoms. The Kier molecular flexibility index (Phi) is 10.9. The van der Waals surface area contributed by atoms with Gasteiger partial charge in [-0.05, 0) is 73.1 Å². The normalized spacial score (nSPS) is 13.5. The number of rotatable bonds is 14. The van der Waals surface area contributed by atoms with Crippen molar-refractivity contribution in [2.24, 2.45) is 7.05 Å². The average molecular weight is 606 g/mol. The molecule has 0 aliphatic rings. The average Bonchev–Trinajstić information content (AvgIpc) is 3.24. The Bertz CT molecular complexity index is 1420. The van der Waals surface area contributed by atoms with Crippen molar-refractivity contribution < 1.29 is 27.1 Å². The Morgan fingerprint density at radius 1 is 1.12 bits per heavy atom. The van der Waals surface area contributed by atoms with E-state index in [2.05, 4.69) is 56.1 Å².